The van der Waals surface area contributed by atoms with Crippen molar-refractivity contribution in [3.8, 4) is 11.5 Å². The Hall–Kier alpha value is -4.57. The van der Waals surface area contributed by atoms with E-state index in [9.17, 15) is 24.3 Å². The molecule has 292 valence electrons. The first-order chi connectivity index (χ1) is 25.1. The Morgan fingerprint density at radius 1 is 1.15 bits per heavy atom. The van der Waals surface area contributed by atoms with Crippen LogP contribution in [0.5, 0.6) is 11.5 Å². The highest BCUT2D eigenvalue weighted by Crippen LogP contribution is 2.62. The maximum absolute atomic E-state index is 14.1. The van der Waals surface area contributed by atoms with Gasteiger partial charge in [-0.1, -0.05) is 6.07 Å². The molecule has 2 saturated heterocycles. The topological polar surface area (TPSA) is 221 Å². The standard InChI is InChI=1S/C37H56N8O8/c1-21-12-13-27(51-6)30-29(21)36-16-19-44(5)23(3)37(36,50)15-14-28(31(36)53-30)52-35(49)45-18-8-7-10-25(45)20-41-33(48)26(11-9-17-40-34(38)39)43-32(47)22(2)42-24(4)46/h12-14,22-23,25-26,31,50H,7-11,15-20H2,1-6H3,(H,41,48)(H,42,46)(H,43,47)(H4,38,39,40)/t22-,23+,25?,26-,31-,36-,37+/m0/s1. The van der Waals surface area contributed by atoms with Gasteiger partial charge in [0.2, 0.25) is 17.7 Å². The Kier molecular flexibility index (Phi) is 12.1. The molecule has 16 nitrogen and oxygen atoms in total. The van der Waals surface area contributed by atoms with E-state index in [1.165, 1.54) is 13.8 Å². The van der Waals surface area contributed by atoms with Gasteiger partial charge in [-0.05, 0) is 90.6 Å². The van der Waals surface area contributed by atoms with E-state index < -0.39 is 47.1 Å². The molecule has 5 rings (SSSR count). The van der Waals surface area contributed by atoms with Gasteiger partial charge in [0.1, 0.15) is 17.8 Å². The Balaban J connectivity index is 1.32. The zero-order chi connectivity index (χ0) is 38.7. The molecular formula is C37H56N8O8. The average Bonchev–Trinajstić information content (AvgIpc) is 3.49. The number of methoxy groups -OCH3 is 1. The molecule has 4 aliphatic rings. The van der Waals surface area contributed by atoms with Gasteiger partial charge in [-0.15, -0.1) is 0 Å². The van der Waals surface area contributed by atoms with Gasteiger partial charge in [0.05, 0.1) is 24.2 Å². The summed E-state index contributed by atoms with van der Waals surface area (Å²) in [5.74, 6) is -0.0835. The van der Waals surface area contributed by atoms with Gasteiger partial charge >= 0.3 is 6.09 Å². The third-order valence-corrected chi connectivity index (χ3v) is 11.5. The maximum atomic E-state index is 14.1. The van der Waals surface area contributed by atoms with E-state index in [2.05, 4.69) is 26.2 Å². The zero-order valence-electron chi connectivity index (χ0n) is 31.7. The Labute approximate surface area is 311 Å². The van der Waals surface area contributed by atoms with Gasteiger partial charge < -0.3 is 56.1 Å². The fraction of sp³-hybridized carbons (Fsp3) is 0.649. The molecule has 4 amide bonds. The number of likely N-dealkylation sites (tertiary alicyclic amines) is 2. The summed E-state index contributed by atoms with van der Waals surface area (Å²) in [5, 5.41) is 30.8. The van der Waals surface area contributed by atoms with E-state index in [0.717, 1.165) is 24.0 Å². The fourth-order valence-corrected chi connectivity index (χ4v) is 8.57. The number of piperidine rings is 2. The summed E-state index contributed by atoms with van der Waals surface area (Å²) in [6.07, 6.45) is 4.18. The molecule has 3 aliphatic heterocycles. The van der Waals surface area contributed by atoms with E-state index in [1.807, 2.05) is 33.0 Å². The molecule has 53 heavy (non-hydrogen) atoms. The zero-order valence-corrected chi connectivity index (χ0v) is 31.7. The van der Waals surface area contributed by atoms with Crippen molar-refractivity contribution in [2.75, 3.05) is 40.3 Å². The summed E-state index contributed by atoms with van der Waals surface area (Å²) in [5.41, 5.74) is 5.13. The normalized spacial score (nSPS) is 27.3. The van der Waals surface area contributed by atoms with Crippen molar-refractivity contribution in [3.63, 3.8) is 0 Å². The number of hydrogen-bond donors (Lipinski definition) is 7. The average molecular weight is 741 g/mol. The van der Waals surface area contributed by atoms with Crippen LogP contribution in [0.25, 0.3) is 0 Å². The Bertz CT molecular complexity index is 1620. The number of nitrogens with two attached hydrogens (primary N) is 1. The van der Waals surface area contributed by atoms with Gasteiger partial charge in [-0.3, -0.25) is 19.8 Å². The first kappa shape index (κ1) is 39.6. The molecule has 2 fully saturated rings. The second-order valence-electron chi connectivity index (χ2n) is 14.8. The minimum absolute atomic E-state index is 0.127. The predicted molar refractivity (Wildman–Crippen MR) is 196 cm³/mol. The first-order valence-corrected chi connectivity index (χ1v) is 18.5. The number of fused-ring (bicyclic) bond motifs is 1. The van der Waals surface area contributed by atoms with Crippen molar-refractivity contribution in [3.05, 3.63) is 35.1 Å². The predicted octanol–water partition coefficient (Wildman–Crippen LogP) is 1.13. The lowest BCUT2D eigenvalue weighted by atomic mass is 9.54. The minimum Gasteiger partial charge on any atom is -0.493 e. The maximum Gasteiger partial charge on any atom is 0.415 e. The number of aryl methyl sites for hydroxylation is 1. The van der Waals surface area contributed by atoms with Crippen LogP contribution in [0.15, 0.2) is 24.0 Å². The molecule has 16 heteroatoms. The number of nitrogens with zero attached hydrogens (tertiary/aromatic N) is 2. The summed E-state index contributed by atoms with van der Waals surface area (Å²) in [6, 6.07) is 1.44. The highest BCUT2D eigenvalue weighted by atomic mass is 16.6. The molecule has 1 aliphatic carbocycles. The molecule has 0 bridgehead atoms. The van der Waals surface area contributed by atoms with Crippen LogP contribution in [0.3, 0.4) is 0 Å². The second kappa shape index (κ2) is 16.2. The van der Waals surface area contributed by atoms with E-state index >= 15 is 0 Å². The molecule has 3 heterocycles. The fourth-order valence-electron chi connectivity index (χ4n) is 8.57. The van der Waals surface area contributed by atoms with Crippen LogP contribution in [-0.4, -0.2) is 121 Å². The largest absolute Gasteiger partial charge is 0.493 e. The van der Waals surface area contributed by atoms with Gasteiger partial charge in [0.25, 0.3) is 0 Å². The van der Waals surface area contributed by atoms with Crippen molar-refractivity contribution in [2.24, 2.45) is 5.73 Å². The smallest absolute Gasteiger partial charge is 0.415 e. The van der Waals surface area contributed by atoms with Crippen LogP contribution in [0.2, 0.25) is 0 Å². The lowest BCUT2D eigenvalue weighted by molar-refractivity contribution is -0.153. The first-order valence-electron chi connectivity index (χ1n) is 18.5. The summed E-state index contributed by atoms with van der Waals surface area (Å²) < 4.78 is 18.6. The van der Waals surface area contributed by atoms with Gasteiger partial charge in [0.15, 0.2) is 23.6 Å². The van der Waals surface area contributed by atoms with Gasteiger partial charge in [0, 0.05) is 44.6 Å². The monoisotopic (exact) mass is 740 g/mol. The molecule has 1 unspecified atom stereocenters. The molecule has 1 aromatic carbocycles. The van der Waals surface area contributed by atoms with Crippen molar-refractivity contribution < 1.29 is 38.5 Å². The molecule has 1 spiro atoms. The van der Waals surface area contributed by atoms with Crippen LogP contribution >= 0.6 is 0 Å². The molecule has 0 aromatic heterocycles. The molecule has 7 atom stereocenters. The Morgan fingerprint density at radius 2 is 1.91 bits per heavy atom. The van der Waals surface area contributed by atoms with Crippen molar-refractivity contribution in [1.82, 2.24) is 31.1 Å². The van der Waals surface area contributed by atoms with Crippen molar-refractivity contribution >= 4 is 29.8 Å². The van der Waals surface area contributed by atoms with Gasteiger partial charge in [-0.25, -0.2) is 4.79 Å². The summed E-state index contributed by atoms with van der Waals surface area (Å²) in [7, 11) is 3.58. The van der Waals surface area contributed by atoms with Crippen LogP contribution in [0.1, 0.15) is 76.8 Å². The molecule has 0 saturated carbocycles. The third kappa shape index (κ3) is 7.74. The number of nitrogens with one attached hydrogen (secondary N) is 5. The summed E-state index contributed by atoms with van der Waals surface area (Å²) >= 11 is 0. The van der Waals surface area contributed by atoms with Crippen LogP contribution in [0.4, 0.5) is 4.79 Å². The molecular weight excluding hydrogens is 684 g/mol. The van der Waals surface area contributed by atoms with Crippen molar-refractivity contribution in [2.45, 2.75) is 114 Å². The number of guanidine groups is 1. The lowest BCUT2D eigenvalue weighted by Gasteiger charge is -2.58. The molecule has 1 aromatic rings. The number of ether oxygens (including phenoxy) is 3. The highest BCUT2D eigenvalue weighted by molar-refractivity contribution is 5.91. The lowest BCUT2D eigenvalue weighted by Crippen LogP contribution is -2.71. The van der Waals surface area contributed by atoms with Crippen molar-refractivity contribution in [1.29, 1.82) is 5.41 Å². The van der Waals surface area contributed by atoms with E-state index in [1.54, 1.807) is 18.1 Å². The number of hydrogen-bond acceptors (Lipinski definition) is 10. The molecule has 8 N–H and O–H groups in total. The number of benzene rings is 1. The number of rotatable bonds is 12. The van der Waals surface area contributed by atoms with E-state index in [4.69, 9.17) is 25.4 Å². The van der Waals surface area contributed by atoms with Crippen LogP contribution < -0.4 is 36.5 Å². The molecule has 0 radical (unpaired) electrons. The highest BCUT2D eigenvalue weighted by Gasteiger charge is 2.69. The second-order valence-corrected chi connectivity index (χ2v) is 14.8. The number of likely N-dealkylation sites (N-methyl/N-ethyl adjacent to an activating group) is 1. The summed E-state index contributed by atoms with van der Waals surface area (Å²) in [4.78, 5) is 55.7. The number of carbonyl (C=O) groups is 4. The SMILES string of the molecule is COc1ccc(C)c2c1O[C@H]1C(OC(=O)N3CCCCC3CNC(=O)[C@H](CCCNC(=N)N)NC(=O)[C@H](C)NC(C)=O)=CC[C@@]3(O)[C@@H](C)N(C)CC[C@]213. The van der Waals surface area contributed by atoms with Gasteiger partial charge in [-0.2, -0.15) is 0 Å². The summed E-state index contributed by atoms with van der Waals surface area (Å²) in [6.45, 7) is 8.43. The number of aliphatic hydroxyl groups is 1. The third-order valence-electron chi connectivity index (χ3n) is 11.5. The Morgan fingerprint density at radius 3 is 2.60 bits per heavy atom. The van der Waals surface area contributed by atoms with Crippen LogP contribution in [-0.2, 0) is 24.5 Å². The van der Waals surface area contributed by atoms with Crippen LogP contribution in [0, 0.1) is 12.3 Å². The number of amides is 4. The quantitative estimate of drug-likeness (QED) is 0.0915. The minimum atomic E-state index is -1.21. The number of carbonyl (C=O) groups excluding carboxylic acids is 4. The van der Waals surface area contributed by atoms with E-state index in [-0.39, 0.29) is 43.3 Å². The van der Waals surface area contributed by atoms with E-state index in [0.29, 0.717) is 56.2 Å².